The van der Waals surface area contributed by atoms with E-state index < -0.39 is 0 Å². The van der Waals surface area contributed by atoms with Gasteiger partial charge >= 0.3 is 0 Å². The van der Waals surface area contributed by atoms with E-state index in [9.17, 15) is 0 Å². The number of halogens is 2. The Morgan fingerprint density at radius 1 is 0.471 bits per heavy atom. The van der Waals surface area contributed by atoms with Crippen LogP contribution in [0.15, 0.2) is 85.2 Å². The SMILES string of the molecule is Cn1n[n+]2cc1-c1cccc(c1)-c1c[n+](nn1C)CCOc1ccc(cc1)OCCOCCOCCOCCOc1ccc(cc1)OCC2.[Cl-].[Cl-]. The van der Waals surface area contributed by atoms with E-state index >= 15 is 0 Å². The van der Waals surface area contributed by atoms with Gasteiger partial charge in [-0.05, 0) is 54.6 Å². The lowest BCUT2D eigenvalue weighted by atomic mass is 10.1. The van der Waals surface area contributed by atoms with E-state index in [1.165, 1.54) is 0 Å². The van der Waals surface area contributed by atoms with Crippen LogP contribution in [0.25, 0.3) is 22.5 Å². The van der Waals surface area contributed by atoms with Crippen LogP contribution >= 0.6 is 0 Å². The Labute approximate surface area is 310 Å². The van der Waals surface area contributed by atoms with Crippen LogP contribution in [0.3, 0.4) is 0 Å². The first-order valence-electron chi connectivity index (χ1n) is 16.5. The standard InChI is InChI=1S/C36H44N6O7.2ClH/c1-39-35-27-41(37-39)14-16-46-31-6-10-33(11-7-31)48-24-22-44-20-18-43-19-21-45-23-25-49-34-12-8-32(9-13-34)47-17-15-42-28-36(40(2)38-42)30-5-3-4-29(35)26-30;;/h3-13,26-28H,14-25H2,1-2H3;2*1H/q+2;;/p-2. The van der Waals surface area contributed by atoms with Gasteiger partial charge in [0.15, 0.2) is 23.8 Å². The van der Waals surface area contributed by atoms with Gasteiger partial charge in [-0.25, -0.2) is 0 Å². The summed E-state index contributed by atoms with van der Waals surface area (Å²) in [5, 5.41) is 9.33. The average Bonchev–Trinajstić information content (AvgIpc) is 3.68. The molecule has 0 aliphatic carbocycles. The van der Waals surface area contributed by atoms with Crippen LogP contribution in [-0.4, -0.2) is 85.9 Å². The number of nitrogens with zero attached hydrogens (tertiary/aromatic N) is 6. The zero-order valence-electron chi connectivity index (χ0n) is 28.9. The second-order valence-corrected chi connectivity index (χ2v) is 11.3. The van der Waals surface area contributed by atoms with Gasteiger partial charge in [0.05, 0.1) is 50.1 Å². The van der Waals surface area contributed by atoms with E-state index in [2.05, 4.69) is 34.7 Å². The summed E-state index contributed by atoms with van der Waals surface area (Å²) in [7, 11) is 3.90. The second kappa shape index (κ2) is 20.4. The minimum Gasteiger partial charge on any atom is -1.00 e. The zero-order valence-corrected chi connectivity index (χ0v) is 30.4. The van der Waals surface area contributed by atoms with Crippen molar-refractivity contribution in [2.24, 2.45) is 14.1 Å². The molecule has 0 fully saturated rings. The van der Waals surface area contributed by atoms with Crippen molar-refractivity contribution in [3.8, 4) is 45.5 Å². The van der Waals surface area contributed by atoms with Crippen molar-refractivity contribution >= 4 is 0 Å². The van der Waals surface area contributed by atoms with Crippen molar-refractivity contribution in [2.45, 2.75) is 13.1 Å². The third kappa shape index (κ3) is 11.8. The maximum Gasteiger partial charge on any atom is 0.197 e. The van der Waals surface area contributed by atoms with Crippen molar-refractivity contribution in [3.63, 3.8) is 0 Å². The van der Waals surface area contributed by atoms with E-state index in [0.29, 0.717) is 79.2 Å². The highest BCUT2D eigenvalue weighted by Crippen LogP contribution is 2.24. The van der Waals surface area contributed by atoms with Crippen LogP contribution in [0.2, 0.25) is 0 Å². The van der Waals surface area contributed by atoms with Gasteiger partial charge in [-0.2, -0.15) is 0 Å². The summed E-state index contributed by atoms with van der Waals surface area (Å²) in [4.78, 5) is 0. The monoisotopic (exact) mass is 742 g/mol. The number of hydrogen-bond acceptors (Lipinski definition) is 9. The van der Waals surface area contributed by atoms with Crippen molar-refractivity contribution in [1.82, 2.24) is 19.8 Å². The molecule has 15 heteroatoms. The Morgan fingerprint density at radius 2 is 0.804 bits per heavy atom. The van der Waals surface area contributed by atoms with Crippen LogP contribution in [0.1, 0.15) is 0 Å². The van der Waals surface area contributed by atoms with Crippen molar-refractivity contribution in [3.05, 3.63) is 85.2 Å². The number of aryl methyl sites for hydroxylation is 2. The van der Waals surface area contributed by atoms with Crippen LogP contribution in [-0.2, 0) is 41.4 Å². The molecule has 0 spiro atoms. The first kappa shape index (κ1) is 39.4. The van der Waals surface area contributed by atoms with Crippen LogP contribution in [0, 0.1) is 0 Å². The summed E-state index contributed by atoms with van der Waals surface area (Å²) < 4.78 is 47.9. The normalized spacial score (nSPS) is 15.2. The predicted molar refractivity (Wildman–Crippen MR) is 179 cm³/mol. The Hall–Kier alpha value is -4.40. The van der Waals surface area contributed by atoms with Gasteiger partial charge < -0.3 is 58.0 Å². The quantitative estimate of drug-likeness (QED) is 0.154. The van der Waals surface area contributed by atoms with E-state index in [4.69, 9.17) is 33.2 Å². The Kier molecular flexibility index (Phi) is 15.8. The lowest BCUT2D eigenvalue weighted by Gasteiger charge is -2.10. The molecule has 0 N–H and O–H groups in total. The van der Waals surface area contributed by atoms with E-state index in [0.717, 1.165) is 45.5 Å². The highest BCUT2D eigenvalue weighted by molar-refractivity contribution is 5.68. The first-order valence-corrected chi connectivity index (χ1v) is 16.5. The molecule has 6 heterocycles. The number of aromatic nitrogens is 6. The molecule has 9 rings (SSSR count). The molecule has 5 aromatic rings. The summed E-state index contributed by atoms with van der Waals surface area (Å²) in [6.07, 6.45) is 4.08. The number of rotatable bonds is 0. The van der Waals surface area contributed by atoms with Gasteiger partial charge in [-0.15, -0.1) is 18.7 Å². The maximum absolute atomic E-state index is 5.98. The molecule has 13 nitrogen and oxygen atoms in total. The largest absolute Gasteiger partial charge is 1.00 e. The molecule has 3 aromatic carbocycles. The lowest BCUT2D eigenvalue weighted by molar-refractivity contribution is -0.755. The Balaban J connectivity index is 0.00000292. The molecule has 0 atom stereocenters. The Morgan fingerprint density at radius 3 is 1.18 bits per heavy atom. The fourth-order valence-electron chi connectivity index (χ4n) is 5.28. The third-order valence-electron chi connectivity index (χ3n) is 7.75. The van der Waals surface area contributed by atoms with Gasteiger partial charge in [-0.1, -0.05) is 18.2 Å². The summed E-state index contributed by atoms with van der Waals surface area (Å²) in [5.74, 6) is 3.05. The first-order chi connectivity index (χ1) is 24.1. The molecule has 10 bridgehead atoms. The molecule has 0 amide bonds. The predicted octanol–water partition coefficient (Wildman–Crippen LogP) is -2.95. The van der Waals surface area contributed by atoms with Crippen LogP contribution in [0.4, 0.5) is 0 Å². The van der Waals surface area contributed by atoms with Crippen molar-refractivity contribution in [1.29, 1.82) is 0 Å². The topological polar surface area (TPSA) is 108 Å². The molecule has 2 aromatic heterocycles. The average molecular weight is 744 g/mol. The fourth-order valence-corrected chi connectivity index (χ4v) is 5.28. The lowest BCUT2D eigenvalue weighted by Crippen LogP contribution is -3.00. The molecule has 51 heavy (non-hydrogen) atoms. The third-order valence-corrected chi connectivity index (χ3v) is 7.75. The number of benzene rings is 3. The van der Waals surface area contributed by atoms with Gasteiger partial charge in [0.2, 0.25) is 0 Å². The van der Waals surface area contributed by atoms with Crippen molar-refractivity contribution < 1.29 is 67.3 Å². The van der Waals surface area contributed by atoms with E-state index in [1.54, 1.807) is 0 Å². The van der Waals surface area contributed by atoms with Crippen LogP contribution in [0.5, 0.6) is 23.0 Å². The Bertz CT molecular complexity index is 1630. The summed E-state index contributed by atoms with van der Waals surface area (Å²) in [5.41, 5.74) is 4.11. The molecular weight excluding hydrogens is 699 g/mol. The molecule has 0 unspecified atom stereocenters. The van der Waals surface area contributed by atoms with Gasteiger partial charge in [-0.3, -0.25) is 0 Å². The van der Waals surface area contributed by atoms with Gasteiger partial charge in [0.1, 0.15) is 76.6 Å². The van der Waals surface area contributed by atoms with Crippen molar-refractivity contribution in [2.75, 3.05) is 66.1 Å². The fraction of sp³-hybridized carbons (Fsp3) is 0.389. The summed E-state index contributed by atoms with van der Waals surface area (Å²) in [6.45, 7) is 5.95. The molecule has 274 valence electrons. The smallest absolute Gasteiger partial charge is 0.197 e. The molecular formula is C36H44Cl2N6O7. The summed E-state index contributed by atoms with van der Waals surface area (Å²) in [6, 6.07) is 23.6. The maximum atomic E-state index is 5.98. The molecule has 4 aliphatic heterocycles. The summed E-state index contributed by atoms with van der Waals surface area (Å²) >= 11 is 0. The second-order valence-electron chi connectivity index (χ2n) is 11.3. The van der Waals surface area contributed by atoms with Gasteiger partial charge in [0, 0.05) is 11.1 Å². The number of ether oxygens (including phenoxy) is 7. The number of hydrogen-bond donors (Lipinski definition) is 0. The van der Waals surface area contributed by atoms with Crippen LogP contribution < -0.4 is 53.1 Å². The van der Waals surface area contributed by atoms with E-state index in [1.807, 2.05) is 93.7 Å². The molecule has 0 saturated carbocycles. The highest BCUT2D eigenvalue weighted by atomic mass is 35.5. The van der Waals surface area contributed by atoms with E-state index in [-0.39, 0.29) is 24.8 Å². The zero-order chi connectivity index (χ0) is 33.7. The molecule has 0 saturated heterocycles. The molecule has 4 aliphatic rings. The minimum absolute atomic E-state index is 0. The molecule has 0 radical (unpaired) electrons. The highest BCUT2D eigenvalue weighted by Gasteiger charge is 2.19. The minimum atomic E-state index is 0. The van der Waals surface area contributed by atoms with Gasteiger partial charge in [0.25, 0.3) is 0 Å².